The summed E-state index contributed by atoms with van der Waals surface area (Å²) in [4.78, 5) is 7.62. The van der Waals surface area contributed by atoms with Gasteiger partial charge in [-0.15, -0.1) is 0 Å². The first-order valence-electron chi connectivity index (χ1n) is 4.54. The van der Waals surface area contributed by atoms with E-state index >= 15 is 0 Å². The van der Waals surface area contributed by atoms with Crippen LogP contribution in [0.2, 0.25) is 0 Å². The van der Waals surface area contributed by atoms with Crippen LogP contribution in [0.25, 0.3) is 0 Å². The van der Waals surface area contributed by atoms with Crippen LogP contribution in [0.15, 0.2) is 17.3 Å². The maximum Gasteiger partial charge on any atom is 0.124 e. The highest BCUT2D eigenvalue weighted by atomic mass is 15.1. The van der Waals surface area contributed by atoms with E-state index in [1.54, 1.807) is 0 Å². The number of hydrogen-bond donors (Lipinski definition) is 2. The first-order valence-corrected chi connectivity index (χ1v) is 4.54. The van der Waals surface area contributed by atoms with Crippen LogP contribution in [0.4, 0.5) is 5.82 Å². The van der Waals surface area contributed by atoms with Crippen molar-refractivity contribution in [2.24, 2.45) is 10.4 Å². The molecule has 1 atom stereocenters. The molecule has 2 N–H and O–H groups in total. The summed E-state index contributed by atoms with van der Waals surface area (Å²) in [5.74, 6) is 1.08. The lowest BCUT2D eigenvalue weighted by Gasteiger charge is -2.30. The molecule has 2 heterocycles. The Morgan fingerprint density at radius 3 is 2.85 bits per heavy atom. The lowest BCUT2D eigenvalue weighted by Crippen LogP contribution is -2.34. The van der Waals surface area contributed by atoms with E-state index in [-0.39, 0.29) is 11.6 Å². The minimum Gasteiger partial charge on any atom is -0.349 e. The van der Waals surface area contributed by atoms with Gasteiger partial charge in [-0.1, -0.05) is 20.8 Å². The lowest BCUT2D eigenvalue weighted by molar-refractivity contribution is 0.348. The maximum atomic E-state index is 4.46. The molecular weight excluding hydrogens is 162 g/mol. The third-order valence-corrected chi connectivity index (χ3v) is 2.24. The van der Waals surface area contributed by atoms with Gasteiger partial charge in [-0.25, -0.2) is 0 Å². The van der Waals surface area contributed by atoms with Gasteiger partial charge in [0.25, 0.3) is 0 Å². The summed E-state index contributed by atoms with van der Waals surface area (Å²) in [6, 6.07) is 2.02. The molecule has 13 heavy (non-hydrogen) atoms. The molecule has 3 heteroatoms. The molecule has 1 aromatic rings. The molecule has 1 aliphatic rings. The summed E-state index contributed by atoms with van der Waals surface area (Å²) >= 11 is 0. The highest BCUT2D eigenvalue weighted by Gasteiger charge is 2.26. The summed E-state index contributed by atoms with van der Waals surface area (Å²) < 4.78 is 0. The van der Waals surface area contributed by atoms with E-state index in [2.05, 4.69) is 36.1 Å². The van der Waals surface area contributed by atoms with Crippen LogP contribution in [0.1, 0.15) is 26.3 Å². The maximum absolute atomic E-state index is 4.46. The molecule has 1 aromatic heterocycles. The van der Waals surface area contributed by atoms with E-state index in [0.717, 1.165) is 11.4 Å². The zero-order valence-electron chi connectivity index (χ0n) is 8.26. The van der Waals surface area contributed by atoms with Crippen molar-refractivity contribution in [1.82, 2.24) is 4.98 Å². The molecule has 1 aliphatic heterocycles. The number of nitrogens with one attached hydrogen (secondary N) is 2. The second kappa shape index (κ2) is 2.62. The fraction of sp³-hybridized carbons (Fsp3) is 0.500. The molecule has 3 nitrogen and oxygen atoms in total. The first kappa shape index (κ1) is 8.35. The summed E-state index contributed by atoms with van der Waals surface area (Å²) in [6.07, 6.45) is 4.02. The SMILES string of the molecule is CC(C)(C)C1N=Cc2cc[nH]c2N1. The minimum absolute atomic E-state index is 0.152. The van der Waals surface area contributed by atoms with E-state index in [4.69, 9.17) is 0 Å². The van der Waals surface area contributed by atoms with Crippen LogP contribution < -0.4 is 5.32 Å². The number of nitrogens with zero attached hydrogens (tertiary/aromatic N) is 1. The number of aromatic nitrogens is 1. The number of H-pyrrole nitrogens is 1. The molecule has 0 amide bonds. The molecule has 0 aliphatic carbocycles. The van der Waals surface area contributed by atoms with Gasteiger partial charge in [0.15, 0.2) is 0 Å². The quantitative estimate of drug-likeness (QED) is 0.626. The van der Waals surface area contributed by atoms with Gasteiger partial charge in [-0.2, -0.15) is 0 Å². The Kier molecular flexibility index (Phi) is 1.68. The fourth-order valence-electron chi connectivity index (χ4n) is 1.38. The van der Waals surface area contributed by atoms with Crippen LogP contribution >= 0.6 is 0 Å². The van der Waals surface area contributed by atoms with Crippen molar-refractivity contribution in [3.05, 3.63) is 17.8 Å². The van der Waals surface area contributed by atoms with Gasteiger partial charge < -0.3 is 10.3 Å². The summed E-state index contributed by atoms with van der Waals surface area (Å²) in [7, 11) is 0. The zero-order valence-corrected chi connectivity index (χ0v) is 8.26. The molecule has 0 radical (unpaired) electrons. The highest BCUT2D eigenvalue weighted by Crippen LogP contribution is 2.27. The molecule has 0 saturated carbocycles. The van der Waals surface area contributed by atoms with Crippen LogP contribution in [-0.2, 0) is 0 Å². The predicted molar refractivity (Wildman–Crippen MR) is 55.3 cm³/mol. The number of aromatic amines is 1. The number of aliphatic imine (C=N–C) groups is 1. The molecule has 70 valence electrons. The second-order valence-electron chi connectivity index (χ2n) is 4.50. The van der Waals surface area contributed by atoms with Crippen LogP contribution in [0.5, 0.6) is 0 Å². The second-order valence-corrected chi connectivity index (χ2v) is 4.50. The van der Waals surface area contributed by atoms with Crippen molar-refractivity contribution in [2.75, 3.05) is 5.32 Å². The van der Waals surface area contributed by atoms with Crippen molar-refractivity contribution >= 4 is 12.0 Å². The van der Waals surface area contributed by atoms with E-state index < -0.39 is 0 Å². The summed E-state index contributed by atoms with van der Waals surface area (Å²) in [5, 5.41) is 3.36. The lowest BCUT2D eigenvalue weighted by atomic mass is 9.92. The number of anilines is 1. The highest BCUT2D eigenvalue weighted by molar-refractivity contribution is 5.88. The monoisotopic (exact) mass is 177 g/mol. The van der Waals surface area contributed by atoms with Crippen LogP contribution in [-0.4, -0.2) is 17.4 Å². The van der Waals surface area contributed by atoms with Gasteiger partial charge in [0.2, 0.25) is 0 Å². The molecule has 0 fully saturated rings. The Morgan fingerprint density at radius 1 is 1.38 bits per heavy atom. The summed E-state index contributed by atoms with van der Waals surface area (Å²) in [5.41, 5.74) is 1.29. The van der Waals surface area contributed by atoms with Gasteiger partial charge in [-0.05, 0) is 6.07 Å². The van der Waals surface area contributed by atoms with Crippen molar-refractivity contribution < 1.29 is 0 Å². The Bertz CT molecular complexity index is 330. The Morgan fingerprint density at radius 2 is 2.15 bits per heavy atom. The average molecular weight is 177 g/mol. The van der Waals surface area contributed by atoms with Gasteiger partial charge in [0, 0.05) is 23.4 Å². The standard InChI is InChI=1S/C10H15N3/c1-10(2,3)9-12-6-7-4-5-11-8(7)13-9/h4-6,9,11,13H,1-3H3. The molecule has 2 rings (SSSR count). The van der Waals surface area contributed by atoms with Gasteiger partial charge in [-0.3, -0.25) is 4.99 Å². The van der Waals surface area contributed by atoms with E-state index in [9.17, 15) is 0 Å². The molecule has 0 bridgehead atoms. The van der Waals surface area contributed by atoms with Gasteiger partial charge in [0.1, 0.15) is 12.0 Å². The minimum atomic E-state index is 0.152. The summed E-state index contributed by atoms with van der Waals surface area (Å²) in [6.45, 7) is 6.53. The average Bonchev–Trinajstić information content (AvgIpc) is 2.47. The van der Waals surface area contributed by atoms with Crippen LogP contribution in [0.3, 0.4) is 0 Å². The van der Waals surface area contributed by atoms with Crippen molar-refractivity contribution in [3.63, 3.8) is 0 Å². The molecular formula is C10H15N3. The van der Waals surface area contributed by atoms with Gasteiger partial charge in [0.05, 0.1) is 0 Å². The fourth-order valence-corrected chi connectivity index (χ4v) is 1.38. The number of fused-ring (bicyclic) bond motifs is 1. The van der Waals surface area contributed by atoms with E-state index in [1.165, 1.54) is 0 Å². The van der Waals surface area contributed by atoms with Gasteiger partial charge >= 0.3 is 0 Å². The smallest absolute Gasteiger partial charge is 0.124 e. The predicted octanol–water partition coefficient (Wildman–Crippen LogP) is 2.23. The van der Waals surface area contributed by atoms with E-state index in [0.29, 0.717) is 0 Å². The Labute approximate surface area is 78.3 Å². The Hall–Kier alpha value is -1.25. The van der Waals surface area contributed by atoms with Crippen molar-refractivity contribution in [2.45, 2.75) is 26.9 Å². The third kappa shape index (κ3) is 1.46. The topological polar surface area (TPSA) is 40.2 Å². The number of rotatable bonds is 0. The first-order chi connectivity index (χ1) is 6.07. The van der Waals surface area contributed by atoms with Crippen LogP contribution in [0, 0.1) is 5.41 Å². The zero-order chi connectivity index (χ0) is 9.47. The third-order valence-electron chi connectivity index (χ3n) is 2.24. The van der Waals surface area contributed by atoms with Crippen molar-refractivity contribution in [1.29, 1.82) is 0 Å². The Balaban J connectivity index is 2.26. The van der Waals surface area contributed by atoms with Crippen molar-refractivity contribution in [3.8, 4) is 0 Å². The molecule has 1 unspecified atom stereocenters. The molecule has 0 aromatic carbocycles. The largest absolute Gasteiger partial charge is 0.349 e. The number of hydrogen-bond acceptors (Lipinski definition) is 2. The normalized spacial score (nSPS) is 21.0. The van der Waals surface area contributed by atoms with E-state index in [1.807, 2.05) is 18.5 Å². The molecule has 0 spiro atoms. The molecule has 0 saturated heterocycles.